The molecule has 1 amide bonds. The average molecular weight is 274 g/mol. The van der Waals surface area contributed by atoms with Gasteiger partial charge < -0.3 is 11.1 Å². The molecule has 0 aromatic heterocycles. The molecule has 1 aromatic carbocycles. The molecule has 0 spiro atoms. The summed E-state index contributed by atoms with van der Waals surface area (Å²) in [5.74, 6) is -0.108. The highest BCUT2D eigenvalue weighted by Crippen LogP contribution is 2.33. The minimum Gasteiger partial charge on any atom is -0.398 e. The summed E-state index contributed by atoms with van der Waals surface area (Å²) in [4.78, 5) is 11.7. The van der Waals surface area contributed by atoms with E-state index in [9.17, 15) is 18.0 Å². The highest BCUT2D eigenvalue weighted by molar-refractivity contribution is 5.94. The summed E-state index contributed by atoms with van der Waals surface area (Å²) in [6.07, 6.45) is -3.79. The SMILES string of the molecule is CC(C)CCNC(=O)c1ccc(N)c(C(F)(F)F)c1. The van der Waals surface area contributed by atoms with Crippen molar-refractivity contribution in [3.8, 4) is 0 Å². The lowest BCUT2D eigenvalue weighted by Crippen LogP contribution is -2.25. The number of nitrogens with two attached hydrogens (primary N) is 1. The fourth-order valence-electron chi connectivity index (χ4n) is 1.52. The second-order valence-corrected chi connectivity index (χ2v) is 4.74. The van der Waals surface area contributed by atoms with Gasteiger partial charge in [-0.2, -0.15) is 13.2 Å². The maximum absolute atomic E-state index is 12.6. The van der Waals surface area contributed by atoms with Gasteiger partial charge in [-0.15, -0.1) is 0 Å². The molecular formula is C13H17F3N2O. The minimum atomic E-state index is -4.56. The molecule has 1 rings (SSSR count). The Hall–Kier alpha value is -1.72. The van der Waals surface area contributed by atoms with Crippen molar-refractivity contribution in [2.45, 2.75) is 26.4 Å². The maximum atomic E-state index is 12.6. The van der Waals surface area contributed by atoms with Crippen molar-refractivity contribution in [1.82, 2.24) is 5.32 Å². The van der Waals surface area contributed by atoms with Crippen LogP contribution in [-0.2, 0) is 6.18 Å². The molecule has 3 nitrogen and oxygen atoms in total. The van der Waals surface area contributed by atoms with Gasteiger partial charge in [0, 0.05) is 17.8 Å². The van der Waals surface area contributed by atoms with E-state index in [0.29, 0.717) is 12.5 Å². The first-order valence-corrected chi connectivity index (χ1v) is 5.96. The number of alkyl halides is 3. The van der Waals surface area contributed by atoms with Crippen LogP contribution in [0.15, 0.2) is 18.2 Å². The number of benzene rings is 1. The molecule has 0 fully saturated rings. The molecule has 0 aliphatic heterocycles. The second kappa shape index (κ2) is 5.95. The van der Waals surface area contributed by atoms with Crippen molar-refractivity contribution in [2.75, 3.05) is 12.3 Å². The van der Waals surface area contributed by atoms with Crippen LogP contribution in [0, 0.1) is 5.92 Å². The van der Waals surface area contributed by atoms with Gasteiger partial charge in [-0.1, -0.05) is 13.8 Å². The van der Waals surface area contributed by atoms with Crippen molar-refractivity contribution >= 4 is 11.6 Å². The first-order chi connectivity index (χ1) is 8.71. The number of halogens is 3. The lowest BCUT2D eigenvalue weighted by molar-refractivity contribution is -0.136. The van der Waals surface area contributed by atoms with Gasteiger partial charge in [0.2, 0.25) is 0 Å². The number of rotatable bonds is 4. The third-order valence-corrected chi connectivity index (χ3v) is 2.63. The van der Waals surface area contributed by atoms with Crippen LogP contribution >= 0.6 is 0 Å². The fraction of sp³-hybridized carbons (Fsp3) is 0.462. The third kappa shape index (κ3) is 4.46. The first-order valence-electron chi connectivity index (χ1n) is 5.96. The van der Waals surface area contributed by atoms with Crippen LogP contribution < -0.4 is 11.1 Å². The molecule has 106 valence electrons. The molecule has 0 heterocycles. The van der Waals surface area contributed by atoms with Crippen molar-refractivity contribution in [2.24, 2.45) is 5.92 Å². The van der Waals surface area contributed by atoms with E-state index >= 15 is 0 Å². The topological polar surface area (TPSA) is 55.1 Å². The summed E-state index contributed by atoms with van der Waals surface area (Å²) in [7, 11) is 0. The number of hydrogen-bond acceptors (Lipinski definition) is 2. The van der Waals surface area contributed by atoms with Gasteiger partial charge in [0.25, 0.3) is 5.91 Å². The van der Waals surface area contributed by atoms with Crippen molar-refractivity contribution < 1.29 is 18.0 Å². The molecule has 0 saturated heterocycles. The summed E-state index contributed by atoms with van der Waals surface area (Å²) in [5.41, 5.74) is 3.86. The number of anilines is 1. The molecule has 0 aliphatic carbocycles. The van der Waals surface area contributed by atoms with Crippen LogP contribution in [0.5, 0.6) is 0 Å². The van der Waals surface area contributed by atoms with Crippen molar-refractivity contribution in [3.63, 3.8) is 0 Å². The number of carbonyl (C=O) groups excluding carboxylic acids is 1. The van der Waals surface area contributed by atoms with E-state index in [2.05, 4.69) is 5.32 Å². The van der Waals surface area contributed by atoms with Crippen LogP contribution in [0.25, 0.3) is 0 Å². The maximum Gasteiger partial charge on any atom is 0.418 e. The lowest BCUT2D eigenvalue weighted by Gasteiger charge is -2.12. The number of nitrogens with one attached hydrogen (secondary N) is 1. The molecule has 0 saturated carbocycles. The Morgan fingerprint density at radius 3 is 2.53 bits per heavy atom. The average Bonchev–Trinajstić information content (AvgIpc) is 2.27. The summed E-state index contributed by atoms with van der Waals surface area (Å²) < 4.78 is 37.9. The molecule has 0 bridgehead atoms. The van der Waals surface area contributed by atoms with Crippen LogP contribution in [0.2, 0.25) is 0 Å². The van der Waals surface area contributed by atoms with Crippen molar-refractivity contribution in [1.29, 1.82) is 0 Å². The molecule has 19 heavy (non-hydrogen) atoms. The van der Waals surface area contributed by atoms with E-state index in [4.69, 9.17) is 5.73 Å². The zero-order valence-electron chi connectivity index (χ0n) is 10.8. The molecule has 1 aromatic rings. The van der Waals surface area contributed by atoms with E-state index < -0.39 is 17.6 Å². The van der Waals surface area contributed by atoms with Crippen LogP contribution in [0.4, 0.5) is 18.9 Å². The number of nitrogen functional groups attached to an aromatic ring is 1. The third-order valence-electron chi connectivity index (χ3n) is 2.63. The summed E-state index contributed by atoms with van der Waals surface area (Å²) in [6, 6.07) is 3.16. The predicted molar refractivity (Wildman–Crippen MR) is 67.6 cm³/mol. The Kier molecular flexibility index (Phi) is 4.80. The standard InChI is InChI=1S/C13H17F3N2O/c1-8(2)5-6-18-12(19)9-3-4-11(17)10(7-9)13(14,15)16/h3-4,7-8H,5-6,17H2,1-2H3,(H,18,19). The summed E-state index contributed by atoms with van der Waals surface area (Å²) in [5, 5.41) is 2.58. The van der Waals surface area contributed by atoms with Gasteiger partial charge in [0.15, 0.2) is 0 Å². The minimum absolute atomic E-state index is 0.0368. The first kappa shape index (κ1) is 15.3. The smallest absolute Gasteiger partial charge is 0.398 e. The van der Waals surface area contributed by atoms with Crippen molar-refractivity contribution in [3.05, 3.63) is 29.3 Å². The lowest BCUT2D eigenvalue weighted by atomic mass is 10.1. The highest BCUT2D eigenvalue weighted by Gasteiger charge is 2.33. The predicted octanol–water partition coefficient (Wildman–Crippen LogP) is 3.06. The summed E-state index contributed by atoms with van der Waals surface area (Å²) in [6.45, 7) is 4.43. The van der Waals surface area contributed by atoms with Gasteiger partial charge in [0.05, 0.1) is 5.56 Å². The van der Waals surface area contributed by atoms with E-state index in [1.54, 1.807) is 0 Å². The molecule has 0 atom stereocenters. The monoisotopic (exact) mass is 274 g/mol. The normalized spacial score (nSPS) is 11.7. The molecule has 0 unspecified atom stereocenters. The van der Waals surface area contributed by atoms with E-state index in [1.165, 1.54) is 6.07 Å². The van der Waals surface area contributed by atoms with Gasteiger partial charge in [-0.05, 0) is 30.5 Å². The Labute approximate surface area is 110 Å². The Bertz CT molecular complexity index is 456. The Morgan fingerprint density at radius 1 is 1.37 bits per heavy atom. The molecular weight excluding hydrogens is 257 g/mol. The molecule has 3 N–H and O–H groups in total. The number of amides is 1. The molecule has 0 aliphatic rings. The Balaban J connectivity index is 2.82. The second-order valence-electron chi connectivity index (χ2n) is 4.74. The molecule has 0 radical (unpaired) electrons. The largest absolute Gasteiger partial charge is 0.418 e. The van der Waals surface area contributed by atoms with E-state index in [0.717, 1.165) is 18.6 Å². The fourth-order valence-corrected chi connectivity index (χ4v) is 1.52. The molecule has 6 heteroatoms. The zero-order chi connectivity index (χ0) is 14.6. The summed E-state index contributed by atoms with van der Waals surface area (Å²) >= 11 is 0. The van der Waals surface area contributed by atoms with E-state index in [-0.39, 0.29) is 11.3 Å². The zero-order valence-corrected chi connectivity index (χ0v) is 10.8. The van der Waals surface area contributed by atoms with Crippen LogP contribution in [0.3, 0.4) is 0 Å². The number of carbonyl (C=O) groups is 1. The van der Waals surface area contributed by atoms with Crippen LogP contribution in [0.1, 0.15) is 36.2 Å². The quantitative estimate of drug-likeness (QED) is 0.829. The van der Waals surface area contributed by atoms with E-state index in [1.807, 2.05) is 13.8 Å². The van der Waals surface area contributed by atoms with Gasteiger partial charge in [0.1, 0.15) is 0 Å². The Morgan fingerprint density at radius 2 is 2.00 bits per heavy atom. The number of hydrogen-bond donors (Lipinski definition) is 2. The van der Waals surface area contributed by atoms with Crippen LogP contribution in [-0.4, -0.2) is 12.5 Å². The van der Waals surface area contributed by atoms with Gasteiger partial charge in [-0.3, -0.25) is 4.79 Å². The highest BCUT2D eigenvalue weighted by atomic mass is 19.4. The van der Waals surface area contributed by atoms with Gasteiger partial charge >= 0.3 is 6.18 Å². The van der Waals surface area contributed by atoms with Gasteiger partial charge in [-0.25, -0.2) is 0 Å².